The second-order valence-electron chi connectivity index (χ2n) is 9.59. The molecule has 0 amide bonds. The average Bonchev–Trinajstić information content (AvgIpc) is 2.67. The molecule has 33 heavy (non-hydrogen) atoms. The van der Waals surface area contributed by atoms with Gasteiger partial charge in [0, 0.05) is 11.8 Å². The number of esters is 1. The molecule has 0 spiro atoms. The fourth-order valence-corrected chi connectivity index (χ4v) is 3.70. The summed E-state index contributed by atoms with van der Waals surface area (Å²) < 4.78 is 34.6. The number of hydrogen-bond acceptors (Lipinski definition) is 6. The van der Waals surface area contributed by atoms with E-state index < -0.39 is 27.0 Å². The van der Waals surface area contributed by atoms with E-state index in [2.05, 4.69) is 0 Å². The average molecular weight is 473 g/mol. The lowest BCUT2D eigenvalue weighted by molar-refractivity contribution is -0.171. The highest BCUT2D eigenvalue weighted by Crippen LogP contribution is 2.30. The topological polar surface area (TPSA) is 86.7 Å². The number of carbonyl (C=O) groups excluding carboxylic acids is 2. The molecule has 2 aromatic rings. The summed E-state index contributed by atoms with van der Waals surface area (Å²) in [4.78, 5) is 25.2. The Bertz CT molecular complexity index is 1160. The van der Waals surface area contributed by atoms with Gasteiger partial charge < -0.3 is 9.47 Å². The number of carbonyl (C=O) groups is 2. The van der Waals surface area contributed by atoms with Crippen LogP contribution < -0.4 is 4.74 Å². The van der Waals surface area contributed by atoms with Crippen molar-refractivity contribution in [1.82, 2.24) is 0 Å². The second kappa shape index (κ2) is 9.51. The molecule has 0 bridgehead atoms. The molecule has 2 rings (SSSR count). The van der Waals surface area contributed by atoms with Crippen LogP contribution in [0.15, 0.2) is 47.4 Å². The molecule has 2 aromatic carbocycles. The van der Waals surface area contributed by atoms with Crippen LogP contribution >= 0.6 is 0 Å². The van der Waals surface area contributed by atoms with E-state index in [1.165, 1.54) is 30.3 Å². The summed E-state index contributed by atoms with van der Waals surface area (Å²) in [5.74, 6) is -0.104. The van der Waals surface area contributed by atoms with Crippen molar-refractivity contribution in [2.45, 2.75) is 64.6 Å². The molecular weight excluding hydrogens is 440 g/mol. The minimum atomic E-state index is -3.31. The Morgan fingerprint density at radius 2 is 1.42 bits per heavy atom. The van der Waals surface area contributed by atoms with Gasteiger partial charge in [-0.3, -0.25) is 4.79 Å². The van der Waals surface area contributed by atoms with Crippen LogP contribution in [0.5, 0.6) is 5.75 Å². The van der Waals surface area contributed by atoms with E-state index in [4.69, 9.17) is 9.47 Å². The van der Waals surface area contributed by atoms with Gasteiger partial charge in [0.2, 0.25) is 0 Å². The third-order valence-corrected chi connectivity index (χ3v) is 5.85. The molecule has 178 valence electrons. The van der Waals surface area contributed by atoms with E-state index in [1.54, 1.807) is 40.7 Å². The number of sulfone groups is 1. The molecule has 0 fully saturated rings. The molecule has 0 aromatic heterocycles. The molecule has 0 unspecified atom stereocenters. The molecule has 0 saturated carbocycles. The molecule has 0 heterocycles. The molecule has 0 saturated heterocycles. The van der Waals surface area contributed by atoms with Crippen LogP contribution in [-0.4, -0.2) is 37.6 Å². The first-order valence-electron chi connectivity index (χ1n) is 10.6. The van der Waals surface area contributed by atoms with Crippen LogP contribution in [0.3, 0.4) is 0 Å². The number of allylic oxidation sites excluding steroid dienone is 1. The van der Waals surface area contributed by atoms with Gasteiger partial charge in [-0.2, -0.15) is 0 Å². The predicted octanol–water partition coefficient (Wildman–Crippen LogP) is 5.10. The van der Waals surface area contributed by atoms with Crippen molar-refractivity contribution in [3.8, 4) is 5.75 Å². The van der Waals surface area contributed by atoms with Crippen LogP contribution in [0, 0.1) is 13.8 Å². The maximum atomic E-state index is 12.5. The first-order valence-corrected chi connectivity index (χ1v) is 12.4. The third-order valence-electron chi connectivity index (χ3n) is 4.72. The predicted molar refractivity (Wildman–Crippen MR) is 129 cm³/mol. The maximum Gasteiger partial charge on any atom is 0.350 e. The molecule has 6 nitrogen and oxygen atoms in total. The Labute approximate surface area is 196 Å². The first kappa shape index (κ1) is 26.3. The Balaban J connectivity index is 2.20. The quantitative estimate of drug-likeness (QED) is 0.316. The Hall–Kier alpha value is -2.93. The minimum absolute atomic E-state index is 0.166. The van der Waals surface area contributed by atoms with Crippen molar-refractivity contribution in [2.75, 3.05) is 6.26 Å². The van der Waals surface area contributed by atoms with Crippen LogP contribution in [0.2, 0.25) is 0 Å². The Morgan fingerprint density at radius 1 is 0.909 bits per heavy atom. The number of benzene rings is 2. The van der Waals surface area contributed by atoms with Crippen LogP contribution in [0.25, 0.3) is 6.08 Å². The zero-order valence-electron chi connectivity index (χ0n) is 20.5. The fraction of sp³-hybridized carbons (Fsp3) is 0.385. The van der Waals surface area contributed by atoms with Crippen molar-refractivity contribution in [3.63, 3.8) is 0 Å². The van der Waals surface area contributed by atoms with Gasteiger partial charge in [0.15, 0.2) is 21.2 Å². The number of rotatable bonds is 7. The van der Waals surface area contributed by atoms with Gasteiger partial charge in [-0.15, -0.1) is 0 Å². The van der Waals surface area contributed by atoms with Gasteiger partial charge in [0.25, 0.3) is 0 Å². The van der Waals surface area contributed by atoms with Crippen molar-refractivity contribution in [3.05, 3.63) is 64.7 Å². The Kier molecular flexibility index (Phi) is 7.59. The van der Waals surface area contributed by atoms with E-state index in [9.17, 15) is 18.0 Å². The van der Waals surface area contributed by atoms with E-state index in [0.29, 0.717) is 11.3 Å². The van der Waals surface area contributed by atoms with Gasteiger partial charge in [0.1, 0.15) is 11.4 Å². The van der Waals surface area contributed by atoms with Gasteiger partial charge in [-0.05, 0) is 108 Å². The van der Waals surface area contributed by atoms with Gasteiger partial charge in [0.05, 0.1) is 4.90 Å². The normalized spacial score (nSPS) is 12.6. The molecule has 0 aliphatic heterocycles. The molecule has 0 N–H and O–H groups in total. The van der Waals surface area contributed by atoms with Crippen molar-refractivity contribution in [1.29, 1.82) is 0 Å². The van der Waals surface area contributed by atoms with E-state index in [1.807, 2.05) is 26.0 Å². The molecule has 0 aliphatic carbocycles. The maximum absolute atomic E-state index is 12.5. The summed E-state index contributed by atoms with van der Waals surface area (Å²) in [5.41, 5.74) is 1.04. The summed E-state index contributed by atoms with van der Waals surface area (Å²) in [7, 11) is -3.31. The third kappa shape index (κ3) is 7.29. The molecule has 0 radical (unpaired) electrons. The highest BCUT2D eigenvalue weighted by atomic mass is 32.2. The standard InChI is InChI=1S/C26H32O6S/c1-17-15-19(9-14-22(27)20-10-12-21(13-11-20)33(8,29)30)16-18(2)23(17)31-26(6,7)24(28)32-25(3,4)5/h9-16H,1-8H3. The number of hydrogen-bond donors (Lipinski definition) is 0. The smallest absolute Gasteiger partial charge is 0.350 e. The van der Waals surface area contributed by atoms with Crippen LogP contribution in [0.1, 0.15) is 61.7 Å². The van der Waals surface area contributed by atoms with Crippen LogP contribution in [-0.2, 0) is 19.4 Å². The zero-order valence-corrected chi connectivity index (χ0v) is 21.3. The van der Waals surface area contributed by atoms with Crippen molar-refractivity contribution >= 4 is 27.7 Å². The van der Waals surface area contributed by atoms with E-state index in [0.717, 1.165) is 22.9 Å². The lowest BCUT2D eigenvalue weighted by atomic mass is 10.0. The minimum Gasteiger partial charge on any atom is -0.476 e. The second-order valence-corrected chi connectivity index (χ2v) is 11.6. The SMILES string of the molecule is Cc1cc(C=CC(=O)c2ccc(S(C)(=O)=O)cc2)cc(C)c1OC(C)(C)C(=O)OC(C)(C)C. The highest BCUT2D eigenvalue weighted by Gasteiger charge is 2.35. The molecule has 0 atom stereocenters. The summed E-state index contributed by atoms with van der Waals surface area (Å²) in [6.07, 6.45) is 4.25. The Morgan fingerprint density at radius 3 is 1.88 bits per heavy atom. The number of ether oxygens (including phenoxy) is 2. The van der Waals surface area contributed by atoms with E-state index in [-0.39, 0.29) is 10.7 Å². The highest BCUT2D eigenvalue weighted by molar-refractivity contribution is 7.90. The van der Waals surface area contributed by atoms with Gasteiger partial charge >= 0.3 is 5.97 Å². The number of ketones is 1. The van der Waals surface area contributed by atoms with E-state index >= 15 is 0 Å². The van der Waals surface area contributed by atoms with Gasteiger partial charge in [-0.1, -0.05) is 6.08 Å². The summed E-state index contributed by atoms with van der Waals surface area (Å²) in [5, 5.41) is 0. The number of aryl methyl sites for hydroxylation is 2. The molecule has 7 heteroatoms. The summed E-state index contributed by atoms with van der Waals surface area (Å²) in [6.45, 7) is 12.5. The largest absolute Gasteiger partial charge is 0.476 e. The lowest BCUT2D eigenvalue weighted by Gasteiger charge is -2.30. The zero-order chi connectivity index (χ0) is 25.2. The summed E-state index contributed by atoms with van der Waals surface area (Å²) in [6, 6.07) is 9.56. The van der Waals surface area contributed by atoms with Crippen molar-refractivity contribution < 1.29 is 27.5 Å². The van der Waals surface area contributed by atoms with Crippen LogP contribution in [0.4, 0.5) is 0 Å². The first-order chi connectivity index (χ1) is 15.0. The monoisotopic (exact) mass is 472 g/mol. The molecular formula is C26H32O6S. The van der Waals surface area contributed by atoms with Gasteiger partial charge in [-0.25, -0.2) is 13.2 Å². The lowest BCUT2D eigenvalue weighted by Crippen LogP contribution is -2.43. The fourth-order valence-electron chi connectivity index (χ4n) is 3.07. The van der Waals surface area contributed by atoms with Crippen molar-refractivity contribution in [2.24, 2.45) is 0 Å². The summed E-state index contributed by atoms with van der Waals surface area (Å²) >= 11 is 0. The molecule has 0 aliphatic rings.